The number of nitriles is 1. The van der Waals surface area contributed by atoms with E-state index in [1.165, 1.54) is 19.8 Å². The standard InChI is InChI=1S/C14H19BN6O5P/c1-23-27(15,24-4-2-3-16)25-6-9-5-10(22)14(26-9)21-8-20-11-12(17)18-7-19-13(11)21/h7-10,14,22H,2,4-6H2,1H3,(H2,17,18,19)/q+1/t9-,10-,14+,27?/m0/s1. The van der Waals surface area contributed by atoms with E-state index in [4.69, 9.17) is 36.9 Å². The van der Waals surface area contributed by atoms with Crippen molar-refractivity contribution in [2.75, 3.05) is 26.1 Å². The monoisotopic (exact) mass is 393 g/mol. The van der Waals surface area contributed by atoms with Crippen molar-refractivity contribution in [3.05, 3.63) is 12.7 Å². The van der Waals surface area contributed by atoms with Crippen LogP contribution in [0.1, 0.15) is 19.1 Å². The molecule has 1 aliphatic heterocycles. The first-order valence-corrected chi connectivity index (χ1v) is 9.74. The van der Waals surface area contributed by atoms with E-state index >= 15 is 0 Å². The molecule has 11 nitrogen and oxygen atoms in total. The summed E-state index contributed by atoms with van der Waals surface area (Å²) in [6.07, 6.45) is 1.34. The minimum Gasteiger partial charge on any atom is -0.388 e. The topological polar surface area (TPSA) is 151 Å². The summed E-state index contributed by atoms with van der Waals surface area (Å²) in [5.41, 5.74) is 6.68. The molecule has 1 saturated heterocycles. The molecule has 1 unspecified atom stereocenters. The van der Waals surface area contributed by atoms with Crippen LogP contribution in [-0.4, -0.2) is 64.7 Å². The number of nitrogens with two attached hydrogens (primary N) is 1. The molecular formula is C14H19BN6O5P+. The van der Waals surface area contributed by atoms with Gasteiger partial charge in [0.25, 0.3) is 0 Å². The molecule has 27 heavy (non-hydrogen) atoms. The molecule has 3 heterocycles. The number of aromatic nitrogens is 4. The molecule has 142 valence electrons. The lowest BCUT2D eigenvalue weighted by atomic mass is 10.2. The van der Waals surface area contributed by atoms with Crippen molar-refractivity contribution in [3.8, 4) is 6.07 Å². The molecule has 13 heteroatoms. The summed E-state index contributed by atoms with van der Waals surface area (Å²) >= 11 is 0. The van der Waals surface area contributed by atoms with Crippen LogP contribution in [0.2, 0.25) is 0 Å². The highest BCUT2D eigenvalue weighted by Gasteiger charge is 2.42. The van der Waals surface area contributed by atoms with E-state index in [2.05, 4.69) is 15.0 Å². The molecule has 1 aliphatic rings. The molecule has 0 spiro atoms. The van der Waals surface area contributed by atoms with Gasteiger partial charge < -0.3 is 15.6 Å². The van der Waals surface area contributed by atoms with E-state index in [0.717, 1.165) is 0 Å². The van der Waals surface area contributed by atoms with Gasteiger partial charge in [0.15, 0.2) is 17.7 Å². The summed E-state index contributed by atoms with van der Waals surface area (Å²) in [5, 5.41) is 19.0. The van der Waals surface area contributed by atoms with E-state index in [-0.39, 0.29) is 25.5 Å². The number of hydrogen-bond acceptors (Lipinski definition) is 10. The number of nitrogens with zero attached hydrogens (tertiary/aromatic N) is 5. The summed E-state index contributed by atoms with van der Waals surface area (Å²) in [5.74, 6) is 0.249. The van der Waals surface area contributed by atoms with Gasteiger partial charge in [-0.1, -0.05) is 0 Å². The zero-order chi connectivity index (χ0) is 19.4. The third-order valence-corrected chi connectivity index (χ3v) is 5.57. The number of aliphatic hydroxyl groups excluding tert-OH is 1. The Morgan fingerprint density at radius 1 is 1.48 bits per heavy atom. The van der Waals surface area contributed by atoms with E-state index in [9.17, 15) is 5.11 Å². The van der Waals surface area contributed by atoms with Crippen LogP contribution in [0.4, 0.5) is 5.82 Å². The van der Waals surface area contributed by atoms with Crippen LogP contribution in [0.3, 0.4) is 0 Å². The quantitative estimate of drug-likeness (QED) is 0.368. The lowest BCUT2D eigenvalue weighted by Crippen LogP contribution is -2.19. The summed E-state index contributed by atoms with van der Waals surface area (Å²) in [7, 11) is 4.27. The van der Waals surface area contributed by atoms with Gasteiger partial charge >= 0.3 is 15.4 Å². The van der Waals surface area contributed by atoms with Gasteiger partial charge in [0.1, 0.15) is 31.2 Å². The van der Waals surface area contributed by atoms with Crippen LogP contribution in [0.25, 0.3) is 11.2 Å². The maximum atomic E-state index is 10.4. The van der Waals surface area contributed by atoms with Crippen LogP contribution in [-0.2, 0) is 18.3 Å². The second-order valence-electron chi connectivity index (χ2n) is 5.79. The first-order valence-electron chi connectivity index (χ1n) is 8.13. The highest BCUT2D eigenvalue weighted by atomic mass is 31.2. The molecule has 0 saturated carbocycles. The van der Waals surface area contributed by atoms with E-state index < -0.39 is 26.3 Å². The normalized spacial score (nSPS) is 24.7. The Morgan fingerprint density at radius 2 is 2.30 bits per heavy atom. The molecule has 0 aliphatic carbocycles. The van der Waals surface area contributed by atoms with Gasteiger partial charge in [0.05, 0.1) is 32.0 Å². The van der Waals surface area contributed by atoms with Crippen LogP contribution >= 0.6 is 7.82 Å². The van der Waals surface area contributed by atoms with Crippen molar-refractivity contribution in [2.24, 2.45) is 0 Å². The van der Waals surface area contributed by atoms with Crippen molar-refractivity contribution in [3.63, 3.8) is 0 Å². The number of aliphatic hydroxyl groups is 1. The molecule has 0 aromatic carbocycles. The molecular weight excluding hydrogens is 374 g/mol. The Kier molecular flexibility index (Phi) is 6.21. The van der Waals surface area contributed by atoms with E-state index in [1.54, 1.807) is 4.57 Å². The lowest BCUT2D eigenvalue weighted by molar-refractivity contribution is -0.0478. The fourth-order valence-electron chi connectivity index (χ4n) is 2.69. The second-order valence-corrected chi connectivity index (χ2v) is 7.76. The van der Waals surface area contributed by atoms with Gasteiger partial charge in [0.2, 0.25) is 0 Å². The number of anilines is 1. The lowest BCUT2D eigenvalue weighted by Gasteiger charge is -2.20. The third kappa shape index (κ3) is 4.35. The van der Waals surface area contributed by atoms with Crippen molar-refractivity contribution < 1.29 is 23.4 Å². The summed E-state index contributed by atoms with van der Waals surface area (Å²) in [4.78, 5) is 12.2. The van der Waals surface area contributed by atoms with Crippen LogP contribution in [0.5, 0.6) is 0 Å². The van der Waals surface area contributed by atoms with Crippen molar-refractivity contribution in [1.82, 2.24) is 19.5 Å². The van der Waals surface area contributed by atoms with Gasteiger partial charge in [0, 0.05) is 6.42 Å². The maximum Gasteiger partial charge on any atom is 0.488 e. The Labute approximate surface area is 157 Å². The smallest absolute Gasteiger partial charge is 0.388 e. The van der Waals surface area contributed by atoms with E-state index in [0.29, 0.717) is 17.6 Å². The summed E-state index contributed by atoms with van der Waals surface area (Å²) in [6, 6.07) is 1.95. The predicted octanol–water partition coefficient (Wildman–Crippen LogP) is 0.496. The predicted molar refractivity (Wildman–Crippen MR) is 96.1 cm³/mol. The second kappa shape index (κ2) is 8.43. The zero-order valence-corrected chi connectivity index (χ0v) is 15.5. The first-order chi connectivity index (χ1) is 13.0. The minimum atomic E-state index is -3.05. The maximum absolute atomic E-state index is 10.4. The van der Waals surface area contributed by atoms with Crippen LogP contribution < -0.4 is 5.73 Å². The number of rotatable bonds is 8. The molecule has 0 amide bonds. The number of ether oxygens (including phenoxy) is 1. The number of hydrogen-bond donors (Lipinski definition) is 2. The van der Waals surface area contributed by atoms with Crippen LogP contribution in [0.15, 0.2) is 12.7 Å². The number of imidazole rings is 1. The third-order valence-electron chi connectivity index (χ3n) is 4.01. The van der Waals surface area contributed by atoms with Crippen LogP contribution in [0, 0.1) is 11.3 Å². The average Bonchev–Trinajstić information content (AvgIpc) is 3.24. The Balaban J connectivity index is 1.64. The summed E-state index contributed by atoms with van der Waals surface area (Å²) < 4.78 is 23.5. The molecule has 2 aromatic rings. The van der Waals surface area contributed by atoms with Gasteiger partial charge in [-0.3, -0.25) is 4.57 Å². The number of nitrogen functional groups attached to an aromatic ring is 1. The molecule has 1 fully saturated rings. The van der Waals surface area contributed by atoms with Crippen molar-refractivity contribution in [2.45, 2.75) is 31.3 Å². The SMILES string of the molecule is [B][P+](OC)(OCCC#N)OC[C@@H]1C[C@H](O)[C@H](n2cnc3c(N)ncnc32)O1. The highest BCUT2D eigenvalue weighted by molar-refractivity contribution is 7.85. The summed E-state index contributed by atoms with van der Waals surface area (Å²) in [6.45, 7) is 0.162. The largest absolute Gasteiger partial charge is 0.488 e. The molecule has 4 atom stereocenters. The van der Waals surface area contributed by atoms with Gasteiger partial charge in [-0.15, -0.1) is 0 Å². The van der Waals surface area contributed by atoms with Crippen molar-refractivity contribution >= 4 is 32.4 Å². The van der Waals surface area contributed by atoms with Gasteiger partial charge in [-0.2, -0.15) is 18.8 Å². The Hall–Kier alpha value is -1.87. The minimum absolute atomic E-state index is 0.0575. The zero-order valence-electron chi connectivity index (χ0n) is 14.6. The fraction of sp³-hybridized carbons (Fsp3) is 0.571. The molecule has 0 bridgehead atoms. The molecule has 3 N–H and O–H groups in total. The van der Waals surface area contributed by atoms with E-state index in [1.807, 2.05) is 6.07 Å². The average molecular weight is 393 g/mol. The molecule has 3 rings (SSSR count). The van der Waals surface area contributed by atoms with Gasteiger partial charge in [-0.05, 0) is 0 Å². The number of fused-ring (bicyclic) bond motifs is 1. The van der Waals surface area contributed by atoms with Gasteiger partial charge in [-0.25, -0.2) is 15.0 Å². The van der Waals surface area contributed by atoms with Crippen molar-refractivity contribution in [1.29, 1.82) is 5.26 Å². The first kappa shape index (κ1) is 19.9. The highest BCUT2D eigenvalue weighted by Crippen LogP contribution is 2.57. The molecule has 2 aromatic heterocycles. The fourth-order valence-corrected chi connectivity index (χ4v) is 3.70. The Morgan fingerprint density at radius 3 is 3.04 bits per heavy atom. The molecule has 2 radical (unpaired) electrons. The Bertz CT molecular complexity index is 834.